The first-order chi connectivity index (χ1) is 13.7. The Kier molecular flexibility index (Phi) is 4.13. The number of aryl methyl sites for hydroxylation is 1. The summed E-state index contributed by atoms with van der Waals surface area (Å²) >= 11 is 0. The number of nitrogens with one attached hydrogen (secondary N) is 2. The van der Waals surface area contributed by atoms with Gasteiger partial charge in [-0.25, -0.2) is 10.4 Å². The molecule has 5 rings (SSSR count). The number of carbonyl (C=O) groups excluding carboxylic acids is 1. The van der Waals surface area contributed by atoms with Crippen molar-refractivity contribution in [1.29, 1.82) is 0 Å². The minimum atomic E-state index is 0.0804. The van der Waals surface area contributed by atoms with Crippen molar-refractivity contribution in [2.24, 2.45) is 7.05 Å². The van der Waals surface area contributed by atoms with Gasteiger partial charge in [0.15, 0.2) is 0 Å². The number of benzene rings is 1. The highest BCUT2D eigenvalue weighted by Crippen LogP contribution is 2.33. The quantitative estimate of drug-likeness (QED) is 0.741. The number of amides is 1. The van der Waals surface area contributed by atoms with E-state index >= 15 is 0 Å². The van der Waals surface area contributed by atoms with Gasteiger partial charge in [-0.05, 0) is 36.6 Å². The fraction of sp³-hybridized carbons (Fsp3) is 0.273. The molecule has 4 heterocycles. The van der Waals surface area contributed by atoms with Crippen LogP contribution in [0.4, 0.5) is 0 Å². The van der Waals surface area contributed by atoms with Crippen LogP contribution in [0.25, 0.3) is 16.6 Å². The SMILES string of the molecule is Cn1c(C(=O)N2CCC[C@@H]2c2ccccc2)cc2ccc(C3=CNNC3)nc21. The van der Waals surface area contributed by atoms with Crippen molar-refractivity contribution < 1.29 is 4.79 Å². The van der Waals surface area contributed by atoms with Gasteiger partial charge < -0.3 is 14.9 Å². The summed E-state index contributed by atoms with van der Waals surface area (Å²) in [4.78, 5) is 20.2. The van der Waals surface area contributed by atoms with Gasteiger partial charge in [0.05, 0.1) is 11.7 Å². The molecule has 0 bridgehead atoms. The fourth-order valence-corrected chi connectivity index (χ4v) is 4.26. The predicted octanol–water partition coefficient (Wildman–Crippen LogP) is 3.00. The average molecular weight is 373 g/mol. The zero-order valence-electron chi connectivity index (χ0n) is 15.9. The first-order valence-corrected chi connectivity index (χ1v) is 9.72. The second kappa shape index (κ2) is 6.80. The Hall–Kier alpha value is -3.12. The summed E-state index contributed by atoms with van der Waals surface area (Å²) in [7, 11) is 1.93. The minimum absolute atomic E-state index is 0.0804. The van der Waals surface area contributed by atoms with Crippen LogP contribution in [0, 0.1) is 0 Å². The molecular formula is C22H23N5O. The third-order valence-electron chi connectivity index (χ3n) is 5.75. The van der Waals surface area contributed by atoms with Crippen LogP contribution in [0.1, 0.15) is 40.6 Å². The predicted molar refractivity (Wildman–Crippen MR) is 109 cm³/mol. The molecule has 0 radical (unpaired) electrons. The normalized spacial score (nSPS) is 19.1. The van der Waals surface area contributed by atoms with E-state index in [-0.39, 0.29) is 11.9 Å². The van der Waals surface area contributed by atoms with Crippen molar-refractivity contribution in [3.8, 4) is 0 Å². The summed E-state index contributed by atoms with van der Waals surface area (Å²) in [5, 5.41) is 0.990. The van der Waals surface area contributed by atoms with Gasteiger partial charge in [-0.15, -0.1) is 0 Å². The van der Waals surface area contributed by atoms with Crippen LogP contribution in [-0.4, -0.2) is 33.4 Å². The van der Waals surface area contributed by atoms with Crippen LogP contribution in [0.5, 0.6) is 0 Å². The van der Waals surface area contributed by atoms with Crippen LogP contribution in [0.2, 0.25) is 0 Å². The van der Waals surface area contributed by atoms with Crippen LogP contribution in [0.15, 0.2) is 54.7 Å². The highest BCUT2D eigenvalue weighted by molar-refractivity contribution is 5.98. The van der Waals surface area contributed by atoms with Crippen molar-refractivity contribution in [2.75, 3.05) is 13.1 Å². The summed E-state index contributed by atoms with van der Waals surface area (Å²) < 4.78 is 1.93. The topological polar surface area (TPSA) is 62.2 Å². The molecule has 2 aliphatic heterocycles. The molecule has 1 amide bonds. The standard InChI is InChI=1S/C22H23N5O/c1-26-20(12-16-9-10-18(25-21(16)26)17-13-23-24-14-17)22(28)27-11-5-8-19(27)15-6-3-2-4-7-15/h2-4,6-7,9-10,12-13,19,23-24H,5,8,11,14H2,1H3/t19-/m1/s1. The molecule has 0 unspecified atom stereocenters. The smallest absolute Gasteiger partial charge is 0.271 e. The van der Waals surface area contributed by atoms with Crippen LogP contribution >= 0.6 is 0 Å². The van der Waals surface area contributed by atoms with E-state index in [0.29, 0.717) is 5.69 Å². The van der Waals surface area contributed by atoms with Gasteiger partial charge in [0.2, 0.25) is 0 Å². The average Bonchev–Trinajstić information content (AvgIpc) is 3.48. The van der Waals surface area contributed by atoms with E-state index in [4.69, 9.17) is 4.98 Å². The molecule has 142 valence electrons. The maximum absolute atomic E-state index is 13.4. The molecule has 6 heteroatoms. The van der Waals surface area contributed by atoms with Crippen molar-refractivity contribution in [1.82, 2.24) is 25.3 Å². The number of fused-ring (bicyclic) bond motifs is 1. The molecule has 6 nitrogen and oxygen atoms in total. The number of carbonyl (C=O) groups is 1. The van der Waals surface area contributed by atoms with Crippen LogP contribution < -0.4 is 10.9 Å². The number of likely N-dealkylation sites (tertiary alicyclic amines) is 1. The molecule has 2 aliphatic rings. The number of hydrazine groups is 1. The van der Waals surface area contributed by atoms with Gasteiger partial charge >= 0.3 is 0 Å². The summed E-state index contributed by atoms with van der Waals surface area (Å²) in [5.41, 5.74) is 10.8. The molecule has 2 N–H and O–H groups in total. The van der Waals surface area contributed by atoms with Gasteiger partial charge in [-0.2, -0.15) is 0 Å². The molecule has 2 aromatic heterocycles. The summed E-state index contributed by atoms with van der Waals surface area (Å²) in [6.45, 7) is 1.53. The van der Waals surface area contributed by atoms with Crippen LogP contribution in [0.3, 0.4) is 0 Å². The Morgan fingerprint density at radius 1 is 1.18 bits per heavy atom. The van der Waals surface area contributed by atoms with Crippen LogP contribution in [-0.2, 0) is 7.05 Å². The lowest BCUT2D eigenvalue weighted by atomic mass is 10.0. The molecular weight excluding hydrogens is 350 g/mol. The van der Waals surface area contributed by atoms with E-state index in [0.717, 1.165) is 48.2 Å². The monoisotopic (exact) mass is 373 g/mol. The van der Waals surface area contributed by atoms with Gasteiger partial charge in [0.1, 0.15) is 11.3 Å². The fourth-order valence-electron chi connectivity index (χ4n) is 4.26. The summed E-state index contributed by atoms with van der Waals surface area (Å²) in [6, 6.07) is 16.5. The lowest BCUT2D eigenvalue weighted by molar-refractivity contribution is 0.0726. The zero-order valence-corrected chi connectivity index (χ0v) is 15.9. The highest BCUT2D eigenvalue weighted by Gasteiger charge is 2.32. The lowest BCUT2D eigenvalue weighted by Gasteiger charge is -2.25. The number of hydrogen-bond acceptors (Lipinski definition) is 4. The van der Waals surface area contributed by atoms with Crippen molar-refractivity contribution >= 4 is 22.5 Å². The van der Waals surface area contributed by atoms with E-state index < -0.39 is 0 Å². The van der Waals surface area contributed by atoms with Gasteiger partial charge in [-0.3, -0.25) is 4.79 Å². The zero-order chi connectivity index (χ0) is 19.1. The first-order valence-electron chi connectivity index (χ1n) is 9.72. The Morgan fingerprint density at radius 3 is 2.82 bits per heavy atom. The number of nitrogens with zero attached hydrogens (tertiary/aromatic N) is 3. The third-order valence-corrected chi connectivity index (χ3v) is 5.75. The molecule has 0 spiro atoms. The lowest BCUT2D eigenvalue weighted by Crippen LogP contribution is -2.31. The molecule has 1 atom stereocenters. The van der Waals surface area contributed by atoms with Crippen molar-refractivity contribution in [2.45, 2.75) is 18.9 Å². The molecule has 28 heavy (non-hydrogen) atoms. The van der Waals surface area contributed by atoms with Gasteiger partial charge in [-0.1, -0.05) is 30.3 Å². The Bertz CT molecular complexity index is 1070. The second-order valence-corrected chi connectivity index (χ2v) is 7.43. The van der Waals surface area contributed by atoms with E-state index in [1.54, 1.807) is 0 Å². The van der Waals surface area contributed by atoms with E-state index in [1.165, 1.54) is 5.56 Å². The Labute approximate surface area is 163 Å². The molecule has 1 fully saturated rings. The molecule has 3 aromatic rings. The highest BCUT2D eigenvalue weighted by atomic mass is 16.2. The van der Waals surface area contributed by atoms with Gasteiger partial charge in [0.25, 0.3) is 5.91 Å². The molecule has 1 saturated heterocycles. The van der Waals surface area contributed by atoms with Gasteiger partial charge in [0, 0.05) is 37.3 Å². The van der Waals surface area contributed by atoms with E-state index in [9.17, 15) is 4.79 Å². The third kappa shape index (κ3) is 2.77. The number of rotatable bonds is 3. The van der Waals surface area contributed by atoms with E-state index in [2.05, 4.69) is 23.0 Å². The molecule has 0 saturated carbocycles. The number of hydrogen-bond donors (Lipinski definition) is 2. The Balaban J connectivity index is 1.50. The minimum Gasteiger partial charge on any atom is -0.330 e. The Morgan fingerprint density at radius 2 is 2.04 bits per heavy atom. The maximum atomic E-state index is 13.4. The summed E-state index contributed by atoms with van der Waals surface area (Å²) in [6.07, 6.45) is 3.97. The summed E-state index contributed by atoms with van der Waals surface area (Å²) in [5.74, 6) is 0.0804. The number of pyridine rings is 1. The maximum Gasteiger partial charge on any atom is 0.271 e. The molecule has 0 aliphatic carbocycles. The van der Waals surface area contributed by atoms with E-state index in [1.807, 2.05) is 59.1 Å². The van der Waals surface area contributed by atoms with Crippen molar-refractivity contribution in [3.63, 3.8) is 0 Å². The largest absolute Gasteiger partial charge is 0.330 e. The molecule has 1 aromatic carbocycles. The first kappa shape index (κ1) is 17.0. The second-order valence-electron chi connectivity index (χ2n) is 7.43. The van der Waals surface area contributed by atoms with Crippen molar-refractivity contribution in [3.05, 3.63) is 71.7 Å². The number of aromatic nitrogens is 2.